The molecule has 0 aromatic heterocycles. The molecule has 0 aliphatic carbocycles. The molecule has 0 bridgehead atoms. The summed E-state index contributed by atoms with van der Waals surface area (Å²) in [6, 6.07) is 7.78. The predicted octanol–water partition coefficient (Wildman–Crippen LogP) is 3.21. The average molecular weight is 418 g/mol. The second-order valence-corrected chi connectivity index (χ2v) is 9.31. The quantitative estimate of drug-likeness (QED) is 0.773. The van der Waals surface area contributed by atoms with Gasteiger partial charge in [-0.25, -0.2) is 0 Å². The molecule has 0 unspecified atom stereocenters. The Labute approximate surface area is 178 Å². The van der Waals surface area contributed by atoms with Crippen LogP contribution in [0.1, 0.15) is 51.0 Å². The summed E-state index contributed by atoms with van der Waals surface area (Å²) in [5.74, 6) is 0.876. The Bertz CT molecular complexity index is 762. The normalized spacial score (nSPS) is 28.0. The molecule has 6 heteroatoms. The SMILES string of the molecule is CCN1CCC(CCNC(=O)[C@]2(c3ccccc3Cl)C[C@@H]3CCC(=O)N3C2)CC1. The van der Waals surface area contributed by atoms with E-state index in [4.69, 9.17) is 11.6 Å². The van der Waals surface area contributed by atoms with Crippen LogP contribution < -0.4 is 5.32 Å². The number of amides is 2. The van der Waals surface area contributed by atoms with Crippen molar-refractivity contribution in [2.24, 2.45) is 5.92 Å². The highest BCUT2D eigenvalue weighted by Gasteiger charge is 2.54. The molecule has 1 N–H and O–H groups in total. The van der Waals surface area contributed by atoms with Gasteiger partial charge in [0.1, 0.15) is 0 Å². The smallest absolute Gasteiger partial charge is 0.232 e. The molecule has 29 heavy (non-hydrogen) atoms. The van der Waals surface area contributed by atoms with Crippen molar-refractivity contribution in [2.45, 2.75) is 56.9 Å². The lowest BCUT2D eigenvalue weighted by Gasteiger charge is -2.32. The van der Waals surface area contributed by atoms with Crippen molar-refractivity contribution in [3.63, 3.8) is 0 Å². The number of halogens is 1. The third-order valence-electron chi connectivity index (χ3n) is 7.29. The van der Waals surface area contributed by atoms with Gasteiger partial charge in [0.05, 0.1) is 5.41 Å². The summed E-state index contributed by atoms with van der Waals surface area (Å²) in [5.41, 5.74) is 0.127. The first-order valence-corrected chi connectivity index (χ1v) is 11.5. The molecule has 3 heterocycles. The number of carbonyl (C=O) groups is 2. The summed E-state index contributed by atoms with van der Waals surface area (Å²) in [4.78, 5) is 30.2. The molecule has 2 amide bonds. The van der Waals surface area contributed by atoms with Crippen LogP contribution in [0.25, 0.3) is 0 Å². The topological polar surface area (TPSA) is 52.7 Å². The summed E-state index contributed by atoms with van der Waals surface area (Å²) in [7, 11) is 0. The van der Waals surface area contributed by atoms with E-state index in [1.165, 1.54) is 12.8 Å². The Hall–Kier alpha value is -1.59. The zero-order valence-electron chi connectivity index (χ0n) is 17.3. The fourth-order valence-electron chi connectivity index (χ4n) is 5.46. The number of likely N-dealkylation sites (tertiary alicyclic amines) is 1. The standard InChI is InChI=1S/C23H32ClN3O2/c1-2-26-13-10-17(11-14-26)9-12-25-22(29)23(19-5-3-4-6-20(19)24)15-18-7-8-21(28)27(18)16-23/h3-6,17-18H,2,7-16H2,1H3,(H,25,29)/t18-,23+/m0/s1. The molecule has 3 fully saturated rings. The van der Waals surface area contributed by atoms with Gasteiger partial charge in [0, 0.05) is 30.6 Å². The van der Waals surface area contributed by atoms with E-state index < -0.39 is 5.41 Å². The highest BCUT2D eigenvalue weighted by molar-refractivity contribution is 6.31. The highest BCUT2D eigenvalue weighted by Crippen LogP contribution is 2.45. The van der Waals surface area contributed by atoms with Gasteiger partial charge in [0.15, 0.2) is 0 Å². The summed E-state index contributed by atoms with van der Waals surface area (Å²) in [5, 5.41) is 3.83. The maximum atomic E-state index is 13.5. The number of benzene rings is 1. The van der Waals surface area contributed by atoms with Gasteiger partial charge in [0.2, 0.25) is 11.8 Å². The Morgan fingerprint density at radius 1 is 1.24 bits per heavy atom. The van der Waals surface area contributed by atoms with Crippen LogP contribution in [0.15, 0.2) is 24.3 Å². The van der Waals surface area contributed by atoms with E-state index in [0.717, 1.165) is 38.0 Å². The van der Waals surface area contributed by atoms with Crippen LogP contribution in [0, 0.1) is 5.92 Å². The first-order chi connectivity index (χ1) is 14.0. The molecule has 5 nitrogen and oxygen atoms in total. The van der Waals surface area contributed by atoms with Crippen molar-refractivity contribution >= 4 is 23.4 Å². The van der Waals surface area contributed by atoms with E-state index in [-0.39, 0.29) is 17.9 Å². The van der Waals surface area contributed by atoms with Gasteiger partial charge in [-0.15, -0.1) is 0 Å². The summed E-state index contributed by atoms with van der Waals surface area (Å²) >= 11 is 6.53. The van der Waals surface area contributed by atoms with Crippen LogP contribution in [-0.2, 0) is 15.0 Å². The molecule has 158 valence electrons. The Morgan fingerprint density at radius 3 is 2.69 bits per heavy atom. The molecule has 1 aromatic carbocycles. The van der Waals surface area contributed by atoms with Crippen molar-refractivity contribution in [3.05, 3.63) is 34.9 Å². The largest absolute Gasteiger partial charge is 0.355 e. The number of fused-ring (bicyclic) bond motifs is 1. The lowest BCUT2D eigenvalue weighted by molar-refractivity contribution is -0.129. The predicted molar refractivity (Wildman–Crippen MR) is 115 cm³/mol. The maximum Gasteiger partial charge on any atom is 0.232 e. The number of hydrogen-bond acceptors (Lipinski definition) is 3. The molecule has 3 aliphatic rings. The zero-order chi connectivity index (χ0) is 20.4. The average Bonchev–Trinajstić information content (AvgIpc) is 3.28. The third-order valence-corrected chi connectivity index (χ3v) is 7.62. The summed E-state index contributed by atoms with van der Waals surface area (Å²) in [6.07, 6.45) is 5.56. The highest BCUT2D eigenvalue weighted by atomic mass is 35.5. The molecule has 3 saturated heterocycles. The number of nitrogens with one attached hydrogen (secondary N) is 1. The van der Waals surface area contributed by atoms with Crippen LogP contribution in [0.5, 0.6) is 0 Å². The van der Waals surface area contributed by atoms with Crippen molar-refractivity contribution < 1.29 is 9.59 Å². The Kier molecular flexibility index (Phi) is 6.16. The molecule has 3 aliphatic heterocycles. The van der Waals surface area contributed by atoms with Gasteiger partial charge in [-0.1, -0.05) is 36.7 Å². The van der Waals surface area contributed by atoms with Gasteiger partial charge in [-0.05, 0) is 69.3 Å². The van der Waals surface area contributed by atoms with E-state index in [9.17, 15) is 9.59 Å². The Balaban J connectivity index is 1.44. The van der Waals surface area contributed by atoms with Crippen LogP contribution in [0.4, 0.5) is 0 Å². The second kappa shape index (κ2) is 8.65. The number of rotatable bonds is 6. The lowest BCUT2D eigenvalue weighted by Crippen LogP contribution is -2.47. The molecule has 4 rings (SSSR count). The van der Waals surface area contributed by atoms with Gasteiger partial charge < -0.3 is 15.1 Å². The van der Waals surface area contributed by atoms with Gasteiger partial charge >= 0.3 is 0 Å². The molecular weight excluding hydrogens is 386 g/mol. The number of hydrogen-bond donors (Lipinski definition) is 1. The molecule has 1 aromatic rings. The van der Waals surface area contributed by atoms with E-state index in [1.807, 2.05) is 29.2 Å². The monoisotopic (exact) mass is 417 g/mol. The van der Waals surface area contributed by atoms with Crippen molar-refractivity contribution in [1.29, 1.82) is 0 Å². The Morgan fingerprint density at radius 2 is 2.00 bits per heavy atom. The summed E-state index contributed by atoms with van der Waals surface area (Å²) < 4.78 is 0. The van der Waals surface area contributed by atoms with E-state index >= 15 is 0 Å². The van der Waals surface area contributed by atoms with Crippen molar-refractivity contribution in [1.82, 2.24) is 15.1 Å². The fourth-order valence-corrected chi connectivity index (χ4v) is 5.78. The minimum atomic E-state index is -0.731. The van der Waals surface area contributed by atoms with Crippen LogP contribution in [-0.4, -0.2) is 60.4 Å². The number of piperidine rings is 1. The third kappa shape index (κ3) is 4.04. The molecule has 0 radical (unpaired) electrons. The fraction of sp³-hybridized carbons (Fsp3) is 0.652. The van der Waals surface area contributed by atoms with Gasteiger partial charge in [0.25, 0.3) is 0 Å². The van der Waals surface area contributed by atoms with Gasteiger partial charge in [-0.3, -0.25) is 9.59 Å². The van der Waals surface area contributed by atoms with Crippen molar-refractivity contribution in [2.75, 3.05) is 32.7 Å². The number of carbonyl (C=O) groups excluding carboxylic acids is 2. The first kappa shape index (κ1) is 20.7. The minimum Gasteiger partial charge on any atom is -0.355 e. The lowest BCUT2D eigenvalue weighted by atomic mass is 9.76. The molecule has 0 spiro atoms. The van der Waals surface area contributed by atoms with Crippen LogP contribution in [0.3, 0.4) is 0 Å². The van der Waals surface area contributed by atoms with E-state index in [2.05, 4.69) is 17.1 Å². The molecular formula is C23H32ClN3O2. The number of nitrogens with zero attached hydrogens (tertiary/aromatic N) is 2. The minimum absolute atomic E-state index is 0.0267. The zero-order valence-corrected chi connectivity index (χ0v) is 18.1. The molecule has 2 atom stereocenters. The van der Waals surface area contributed by atoms with E-state index in [0.29, 0.717) is 36.9 Å². The maximum absolute atomic E-state index is 13.5. The van der Waals surface area contributed by atoms with E-state index in [1.54, 1.807) is 0 Å². The first-order valence-electron chi connectivity index (χ1n) is 11.1. The molecule has 0 saturated carbocycles. The van der Waals surface area contributed by atoms with Gasteiger partial charge in [-0.2, -0.15) is 0 Å². The van der Waals surface area contributed by atoms with Crippen LogP contribution >= 0.6 is 11.6 Å². The van der Waals surface area contributed by atoms with Crippen molar-refractivity contribution in [3.8, 4) is 0 Å². The second-order valence-electron chi connectivity index (χ2n) is 8.90. The van der Waals surface area contributed by atoms with Crippen LogP contribution in [0.2, 0.25) is 5.02 Å². The summed E-state index contributed by atoms with van der Waals surface area (Å²) in [6.45, 7) is 6.81.